The highest BCUT2D eigenvalue weighted by Gasteiger charge is 2.36. The molecule has 0 aliphatic carbocycles. The molecule has 1 aromatic carbocycles. The summed E-state index contributed by atoms with van der Waals surface area (Å²) >= 11 is 0. The molecule has 158 valence electrons. The van der Waals surface area contributed by atoms with Crippen LogP contribution in [0.1, 0.15) is 30.7 Å². The van der Waals surface area contributed by atoms with Gasteiger partial charge in [0, 0.05) is 12.6 Å². The standard InChI is InChI=1S/C21H21F2N3O4/c1-2-29-20(27)17-15(24-21(28)25-18(17)16-6-4-8-30-16)11-26-7-3-5-12-9-13(22)10-14(23)19(12)26/h4,6,8-10,18H,2-3,5,7,11H2,1H3,(H2,24,25,28)/t18-/m1/s1. The van der Waals surface area contributed by atoms with E-state index in [4.69, 9.17) is 9.15 Å². The fourth-order valence-electron chi connectivity index (χ4n) is 3.95. The number of carbonyl (C=O) groups excluding carboxylic acids is 2. The van der Waals surface area contributed by atoms with Crippen LogP contribution < -0.4 is 15.5 Å². The maximum Gasteiger partial charge on any atom is 0.338 e. The Morgan fingerprint density at radius 3 is 2.93 bits per heavy atom. The molecule has 0 bridgehead atoms. The molecule has 1 aromatic heterocycles. The summed E-state index contributed by atoms with van der Waals surface area (Å²) in [6.07, 6.45) is 2.68. The van der Waals surface area contributed by atoms with E-state index in [0.717, 1.165) is 6.07 Å². The molecule has 0 radical (unpaired) electrons. The minimum atomic E-state index is -0.842. The molecule has 2 amide bonds. The zero-order chi connectivity index (χ0) is 21.3. The molecule has 7 nitrogen and oxygen atoms in total. The average Bonchev–Trinajstić information content (AvgIpc) is 3.22. The van der Waals surface area contributed by atoms with Crippen LogP contribution in [0.15, 0.2) is 46.2 Å². The van der Waals surface area contributed by atoms with Gasteiger partial charge >= 0.3 is 12.0 Å². The Kier molecular flexibility index (Phi) is 5.43. The summed E-state index contributed by atoms with van der Waals surface area (Å²) in [5.41, 5.74) is 1.30. The molecule has 2 aromatic rings. The Morgan fingerprint density at radius 2 is 2.20 bits per heavy atom. The first-order valence-electron chi connectivity index (χ1n) is 9.72. The number of nitrogens with one attached hydrogen (secondary N) is 2. The monoisotopic (exact) mass is 417 g/mol. The van der Waals surface area contributed by atoms with Crippen LogP contribution in [0.5, 0.6) is 0 Å². The first kappa shape index (κ1) is 19.9. The number of rotatable bonds is 5. The van der Waals surface area contributed by atoms with Gasteiger partial charge in [-0.3, -0.25) is 0 Å². The van der Waals surface area contributed by atoms with E-state index in [9.17, 15) is 18.4 Å². The molecule has 0 spiro atoms. The molecule has 0 saturated carbocycles. The normalized spacial score (nSPS) is 18.6. The smallest absolute Gasteiger partial charge is 0.338 e. The van der Waals surface area contributed by atoms with Crippen molar-refractivity contribution in [1.82, 2.24) is 10.6 Å². The van der Waals surface area contributed by atoms with Gasteiger partial charge in [-0.05, 0) is 43.5 Å². The Morgan fingerprint density at radius 1 is 1.37 bits per heavy atom. The number of aryl methyl sites for hydroxylation is 1. The third-order valence-electron chi connectivity index (χ3n) is 5.12. The van der Waals surface area contributed by atoms with Crippen molar-refractivity contribution < 1.29 is 27.5 Å². The van der Waals surface area contributed by atoms with Crippen LogP contribution in [0.4, 0.5) is 19.3 Å². The molecule has 30 heavy (non-hydrogen) atoms. The number of amides is 2. The van der Waals surface area contributed by atoms with Crippen LogP contribution >= 0.6 is 0 Å². The minimum Gasteiger partial charge on any atom is -0.467 e. The molecule has 1 atom stereocenters. The quantitative estimate of drug-likeness (QED) is 0.730. The maximum absolute atomic E-state index is 14.6. The zero-order valence-electron chi connectivity index (χ0n) is 16.3. The number of ether oxygens (including phenoxy) is 1. The van der Waals surface area contributed by atoms with E-state index >= 15 is 0 Å². The third-order valence-corrected chi connectivity index (χ3v) is 5.12. The van der Waals surface area contributed by atoms with Crippen LogP contribution in [0.3, 0.4) is 0 Å². The highest BCUT2D eigenvalue weighted by molar-refractivity contribution is 5.95. The number of hydrogen-bond acceptors (Lipinski definition) is 5. The fourth-order valence-corrected chi connectivity index (χ4v) is 3.95. The SMILES string of the molecule is CCOC(=O)C1=C(CN2CCCc3cc(F)cc(F)c32)NC(=O)N[C@@H]1c1ccco1. The Bertz CT molecular complexity index is 1000. The summed E-state index contributed by atoms with van der Waals surface area (Å²) in [4.78, 5) is 26.8. The molecule has 2 N–H and O–H groups in total. The van der Waals surface area contributed by atoms with E-state index in [1.807, 2.05) is 0 Å². The van der Waals surface area contributed by atoms with Gasteiger partial charge in [0.2, 0.25) is 0 Å². The number of benzene rings is 1. The van der Waals surface area contributed by atoms with Crippen LogP contribution in [0, 0.1) is 11.6 Å². The van der Waals surface area contributed by atoms with Crippen LogP contribution in [-0.2, 0) is 16.0 Å². The van der Waals surface area contributed by atoms with Gasteiger partial charge in [-0.15, -0.1) is 0 Å². The van der Waals surface area contributed by atoms with Gasteiger partial charge in [0.1, 0.15) is 23.4 Å². The van der Waals surface area contributed by atoms with Crippen LogP contribution in [0.25, 0.3) is 0 Å². The number of nitrogens with zero attached hydrogens (tertiary/aromatic N) is 1. The third kappa shape index (κ3) is 3.74. The number of furan rings is 1. The topological polar surface area (TPSA) is 83.8 Å². The van der Waals surface area contributed by atoms with Gasteiger partial charge < -0.3 is 24.7 Å². The van der Waals surface area contributed by atoms with E-state index in [1.165, 1.54) is 12.3 Å². The number of halogens is 2. The van der Waals surface area contributed by atoms with Crippen molar-refractivity contribution >= 4 is 17.7 Å². The second-order valence-corrected chi connectivity index (χ2v) is 7.08. The van der Waals surface area contributed by atoms with Crippen molar-refractivity contribution in [3.8, 4) is 0 Å². The lowest BCUT2D eigenvalue weighted by atomic mass is 9.97. The second kappa shape index (κ2) is 8.17. The molecular formula is C21H21F2N3O4. The van der Waals surface area contributed by atoms with Crippen molar-refractivity contribution in [1.29, 1.82) is 0 Å². The largest absolute Gasteiger partial charge is 0.467 e. The van der Waals surface area contributed by atoms with Gasteiger partial charge in [0.25, 0.3) is 0 Å². The lowest BCUT2D eigenvalue weighted by molar-refractivity contribution is -0.139. The average molecular weight is 417 g/mol. The van der Waals surface area contributed by atoms with Crippen LogP contribution in [0.2, 0.25) is 0 Å². The van der Waals surface area contributed by atoms with Gasteiger partial charge in [0.15, 0.2) is 0 Å². The molecule has 2 aliphatic rings. The summed E-state index contributed by atoms with van der Waals surface area (Å²) in [7, 11) is 0. The van der Waals surface area contributed by atoms with E-state index in [1.54, 1.807) is 24.0 Å². The lowest BCUT2D eigenvalue weighted by Crippen LogP contribution is -2.49. The second-order valence-electron chi connectivity index (χ2n) is 7.08. The summed E-state index contributed by atoms with van der Waals surface area (Å²) in [5, 5.41) is 5.32. The van der Waals surface area contributed by atoms with Crippen molar-refractivity contribution in [3.05, 3.63) is 64.8 Å². The summed E-state index contributed by atoms with van der Waals surface area (Å²) in [5.74, 6) is -1.55. The molecule has 3 heterocycles. The number of hydrogen-bond donors (Lipinski definition) is 2. The van der Waals surface area contributed by atoms with Gasteiger partial charge in [0.05, 0.1) is 36.4 Å². The number of fused-ring (bicyclic) bond motifs is 1. The predicted molar refractivity (Wildman–Crippen MR) is 104 cm³/mol. The molecular weight excluding hydrogens is 396 g/mol. The number of anilines is 1. The van der Waals surface area contributed by atoms with Crippen molar-refractivity contribution in [2.45, 2.75) is 25.8 Å². The molecule has 9 heteroatoms. The number of esters is 1. The first-order valence-corrected chi connectivity index (χ1v) is 9.72. The molecule has 4 rings (SSSR count). The van der Waals surface area contributed by atoms with Crippen molar-refractivity contribution in [3.63, 3.8) is 0 Å². The first-order chi connectivity index (χ1) is 14.5. The summed E-state index contributed by atoms with van der Waals surface area (Å²) in [6.45, 7) is 2.37. The molecule has 0 fully saturated rings. The van der Waals surface area contributed by atoms with Crippen molar-refractivity contribution in [2.24, 2.45) is 0 Å². The van der Waals surface area contributed by atoms with E-state index in [-0.39, 0.29) is 30.1 Å². The van der Waals surface area contributed by atoms with Gasteiger partial charge in [-0.2, -0.15) is 0 Å². The fraction of sp³-hybridized carbons (Fsp3) is 0.333. The lowest BCUT2D eigenvalue weighted by Gasteiger charge is -2.35. The van der Waals surface area contributed by atoms with Gasteiger partial charge in [-0.25, -0.2) is 18.4 Å². The minimum absolute atomic E-state index is 0.0499. The Hall–Kier alpha value is -3.36. The van der Waals surface area contributed by atoms with Gasteiger partial charge in [-0.1, -0.05) is 0 Å². The number of urea groups is 1. The highest BCUT2D eigenvalue weighted by atomic mass is 19.1. The molecule has 2 aliphatic heterocycles. The van der Waals surface area contributed by atoms with E-state index in [2.05, 4.69) is 10.6 Å². The molecule has 0 unspecified atom stereocenters. The summed E-state index contributed by atoms with van der Waals surface area (Å²) < 4.78 is 38.8. The summed E-state index contributed by atoms with van der Waals surface area (Å²) in [6, 6.07) is 4.09. The highest BCUT2D eigenvalue weighted by Crippen LogP contribution is 2.33. The van der Waals surface area contributed by atoms with E-state index in [0.29, 0.717) is 30.7 Å². The number of carbonyl (C=O) groups is 2. The molecule has 0 saturated heterocycles. The maximum atomic E-state index is 14.6. The predicted octanol–water partition coefficient (Wildman–Crippen LogP) is 3.18. The zero-order valence-corrected chi connectivity index (χ0v) is 16.3. The Labute approximate surface area is 171 Å². The van der Waals surface area contributed by atoms with E-state index < -0.39 is 29.7 Å². The van der Waals surface area contributed by atoms with Crippen LogP contribution in [-0.4, -0.2) is 31.7 Å². The Balaban J connectivity index is 1.76. The van der Waals surface area contributed by atoms with Crippen molar-refractivity contribution in [2.75, 3.05) is 24.6 Å².